The molecule has 34 heavy (non-hydrogen) atoms. The molecule has 0 fully saturated rings. The Hall–Kier alpha value is -2.35. The monoisotopic (exact) mass is 458 g/mol. The van der Waals surface area contributed by atoms with Crippen LogP contribution in [0.1, 0.15) is 108 Å². The third-order valence-electron chi connectivity index (χ3n) is 7.52. The largest absolute Gasteiger partial charge is 0.335 e. The minimum atomic E-state index is -0.0133. The predicted octanol–water partition coefficient (Wildman–Crippen LogP) is 9.11. The van der Waals surface area contributed by atoms with Gasteiger partial charge in [-0.1, -0.05) is 133 Å². The van der Waals surface area contributed by atoms with E-state index in [1.807, 2.05) is 6.20 Å². The van der Waals surface area contributed by atoms with Gasteiger partial charge in [0.1, 0.15) is 5.82 Å². The van der Waals surface area contributed by atoms with E-state index in [1.54, 1.807) is 0 Å². The third kappa shape index (κ3) is 7.32. The highest BCUT2D eigenvalue weighted by atomic mass is 15.1. The van der Waals surface area contributed by atoms with Crippen molar-refractivity contribution < 1.29 is 0 Å². The first-order valence-electron chi connectivity index (χ1n) is 13.8. The molecule has 2 heteroatoms. The van der Waals surface area contributed by atoms with Crippen LogP contribution in [0, 0.1) is 0 Å². The molecule has 2 unspecified atom stereocenters. The standard InChI is InChI=1S/C32H46N2/c1-4-6-8-9-10-18-25-34-26-24-33-31(34)30(23-13-7-5-2)32(3,29-21-16-12-17-22-29)27-28-19-14-11-15-20-28/h11-12,14-17,19-22,24,26,30H,4-10,13,18,23,25,27H2,1-3H3. The SMILES string of the molecule is CCCCCCCCn1ccnc1C(CCCCC)C(C)(Cc1ccccc1)c1ccccc1. The van der Waals surface area contributed by atoms with Gasteiger partial charge in [0, 0.05) is 30.3 Å². The fourth-order valence-corrected chi connectivity index (χ4v) is 5.48. The Bertz CT molecular complexity index is 914. The van der Waals surface area contributed by atoms with Crippen molar-refractivity contribution in [3.63, 3.8) is 0 Å². The van der Waals surface area contributed by atoms with Crippen molar-refractivity contribution in [2.75, 3.05) is 0 Å². The lowest BCUT2D eigenvalue weighted by atomic mass is 9.66. The van der Waals surface area contributed by atoms with E-state index in [1.165, 1.54) is 81.2 Å². The molecule has 1 aromatic heterocycles. The predicted molar refractivity (Wildman–Crippen MR) is 146 cm³/mol. The number of imidazole rings is 1. The summed E-state index contributed by atoms with van der Waals surface area (Å²) < 4.78 is 2.47. The highest BCUT2D eigenvalue weighted by molar-refractivity contribution is 5.33. The van der Waals surface area contributed by atoms with Gasteiger partial charge in [-0.25, -0.2) is 4.98 Å². The van der Waals surface area contributed by atoms with Crippen molar-refractivity contribution in [2.45, 2.75) is 109 Å². The smallest absolute Gasteiger partial charge is 0.112 e. The molecule has 2 aromatic carbocycles. The molecule has 0 aliphatic rings. The highest BCUT2D eigenvalue weighted by Crippen LogP contribution is 2.44. The second-order valence-electron chi connectivity index (χ2n) is 10.2. The summed E-state index contributed by atoms with van der Waals surface area (Å²) in [5.74, 6) is 1.67. The maximum atomic E-state index is 5.02. The number of aromatic nitrogens is 2. The average Bonchev–Trinajstić information content (AvgIpc) is 3.33. The number of nitrogens with zero attached hydrogens (tertiary/aromatic N) is 2. The number of rotatable bonds is 16. The third-order valence-corrected chi connectivity index (χ3v) is 7.52. The van der Waals surface area contributed by atoms with Crippen molar-refractivity contribution in [3.8, 4) is 0 Å². The average molecular weight is 459 g/mol. The van der Waals surface area contributed by atoms with Gasteiger partial charge in [0.05, 0.1) is 0 Å². The summed E-state index contributed by atoms with van der Waals surface area (Å²) in [4.78, 5) is 5.02. The molecule has 0 radical (unpaired) electrons. The van der Waals surface area contributed by atoms with E-state index in [0.29, 0.717) is 5.92 Å². The first-order chi connectivity index (χ1) is 16.7. The van der Waals surface area contributed by atoms with Crippen molar-refractivity contribution in [1.29, 1.82) is 0 Å². The normalized spacial score (nSPS) is 14.1. The van der Waals surface area contributed by atoms with Crippen LogP contribution < -0.4 is 0 Å². The van der Waals surface area contributed by atoms with Crippen molar-refractivity contribution in [3.05, 3.63) is 90.0 Å². The molecule has 0 amide bonds. The zero-order valence-corrected chi connectivity index (χ0v) is 21.9. The van der Waals surface area contributed by atoms with Crippen LogP contribution in [0.15, 0.2) is 73.1 Å². The first-order valence-corrected chi connectivity index (χ1v) is 13.8. The van der Waals surface area contributed by atoms with Gasteiger partial charge in [0.15, 0.2) is 0 Å². The van der Waals surface area contributed by atoms with Crippen LogP contribution in [0.25, 0.3) is 0 Å². The maximum absolute atomic E-state index is 5.02. The van der Waals surface area contributed by atoms with E-state index in [9.17, 15) is 0 Å². The minimum Gasteiger partial charge on any atom is -0.335 e. The number of hydrogen-bond acceptors (Lipinski definition) is 1. The van der Waals surface area contributed by atoms with Gasteiger partial charge >= 0.3 is 0 Å². The molecule has 184 valence electrons. The van der Waals surface area contributed by atoms with Crippen LogP contribution >= 0.6 is 0 Å². The van der Waals surface area contributed by atoms with Crippen LogP contribution in [0.5, 0.6) is 0 Å². The quantitative estimate of drug-likeness (QED) is 0.196. The van der Waals surface area contributed by atoms with Gasteiger partial charge in [-0.15, -0.1) is 0 Å². The Morgan fingerprint density at radius 1 is 0.765 bits per heavy atom. The van der Waals surface area contributed by atoms with E-state index >= 15 is 0 Å². The molecule has 0 spiro atoms. The topological polar surface area (TPSA) is 17.8 Å². The van der Waals surface area contributed by atoms with Gasteiger partial charge in [0.25, 0.3) is 0 Å². The van der Waals surface area contributed by atoms with E-state index in [-0.39, 0.29) is 5.41 Å². The molecular formula is C32H46N2. The van der Waals surface area contributed by atoms with Crippen molar-refractivity contribution in [1.82, 2.24) is 9.55 Å². The molecular weight excluding hydrogens is 412 g/mol. The van der Waals surface area contributed by atoms with E-state index < -0.39 is 0 Å². The van der Waals surface area contributed by atoms with Crippen molar-refractivity contribution in [2.24, 2.45) is 0 Å². The zero-order valence-electron chi connectivity index (χ0n) is 21.9. The van der Waals surface area contributed by atoms with Gasteiger partial charge in [-0.2, -0.15) is 0 Å². The van der Waals surface area contributed by atoms with Gasteiger partial charge in [0.2, 0.25) is 0 Å². The second kappa shape index (κ2) is 14.1. The summed E-state index contributed by atoms with van der Waals surface area (Å²) in [6.07, 6.45) is 18.2. The molecule has 3 rings (SSSR count). The molecule has 0 saturated heterocycles. The first kappa shape index (κ1) is 26.3. The van der Waals surface area contributed by atoms with E-state index in [4.69, 9.17) is 4.98 Å². The molecule has 3 aromatic rings. The summed E-state index contributed by atoms with van der Waals surface area (Å²) in [6, 6.07) is 22.2. The van der Waals surface area contributed by atoms with Crippen LogP contribution in [-0.4, -0.2) is 9.55 Å². The fourth-order valence-electron chi connectivity index (χ4n) is 5.48. The lowest BCUT2D eigenvalue weighted by Crippen LogP contribution is -2.35. The summed E-state index contributed by atoms with van der Waals surface area (Å²) in [7, 11) is 0. The molecule has 0 aliphatic heterocycles. The number of unbranched alkanes of at least 4 members (excludes halogenated alkanes) is 7. The molecule has 0 aliphatic carbocycles. The Morgan fingerprint density at radius 2 is 1.38 bits per heavy atom. The van der Waals surface area contributed by atoms with Crippen LogP contribution in [0.2, 0.25) is 0 Å². The van der Waals surface area contributed by atoms with Crippen LogP contribution in [0.4, 0.5) is 0 Å². The minimum absolute atomic E-state index is 0.0133. The summed E-state index contributed by atoms with van der Waals surface area (Å²) in [5, 5.41) is 0. The van der Waals surface area contributed by atoms with E-state index in [0.717, 1.165) is 13.0 Å². The lowest BCUT2D eigenvalue weighted by molar-refractivity contribution is 0.322. The summed E-state index contributed by atoms with van der Waals surface area (Å²) in [6.45, 7) is 8.15. The number of hydrogen-bond donors (Lipinski definition) is 0. The molecule has 0 bridgehead atoms. The van der Waals surface area contributed by atoms with Crippen LogP contribution in [0.3, 0.4) is 0 Å². The van der Waals surface area contributed by atoms with Gasteiger partial charge < -0.3 is 4.57 Å². The molecule has 1 heterocycles. The molecule has 2 nitrogen and oxygen atoms in total. The molecule has 2 atom stereocenters. The van der Waals surface area contributed by atoms with E-state index in [2.05, 4.69) is 92.2 Å². The maximum Gasteiger partial charge on any atom is 0.112 e. The molecule has 0 saturated carbocycles. The Kier molecular flexibility index (Phi) is 10.9. The van der Waals surface area contributed by atoms with Gasteiger partial charge in [-0.3, -0.25) is 0 Å². The number of aryl methyl sites for hydroxylation is 1. The molecule has 0 N–H and O–H groups in total. The summed E-state index contributed by atoms with van der Waals surface area (Å²) in [5.41, 5.74) is 2.82. The van der Waals surface area contributed by atoms with Crippen molar-refractivity contribution >= 4 is 0 Å². The Balaban J connectivity index is 1.90. The fraction of sp³-hybridized carbons (Fsp3) is 0.531. The zero-order chi connectivity index (χ0) is 24.1. The number of benzene rings is 2. The summed E-state index contributed by atoms with van der Waals surface area (Å²) >= 11 is 0. The lowest BCUT2D eigenvalue weighted by Gasteiger charge is -2.39. The highest BCUT2D eigenvalue weighted by Gasteiger charge is 2.39. The Morgan fingerprint density at radius 3 is 2.09 bits per heavy atom. The Labute approximate surface area is 208 Å². The second-order valence-corrected chi connectivity index (χ2v) is 10.2. The van der Waals surface area contributed by atoms with Crippen LogP contribution in [-0.2, 0) is 18.4 Å². The van der Waals surface area contributed by atoms with Gasteiger partial charge in [-0.05, 0) is 30.4 Å².